The highest BCUT2D eigenvalue weighted by Gasteiger charge is 2.29. The van der Waals surface area contributed by atoms with Gasteiger partial charge in [0.05, 0.1) is 11.6 Å². The summed E-state index contributed by atoms with van der Waals surface area (Å²) in [7, 11) is 0. The number of thioether (sulfide) groups is 1. The van der Waals surface area contributed by atoms with Gasteiger partial charge in [-0.25, -0.2) is 9.98 Å². The summed E-state index contributed by atoms with van der Waals surface area (Å²) in [6.45, 7) is 9.03. The Balaban J connectivity index is 1.88. The molecule has 0 amide bonds. The lowest BCUT2D eigenvalue weighted by Gasteiger charge is -2.24. The molecule has 0 aromatic carbocycles. The second-order valence-corrected chi connectivity index (χ2v) is 8.30. The van der Waals surface area contributed by atoms with E-state index in [1.807, 2.05) is 13.1 Å². The van der Waals surface area contributed by atoms with E-state index in [0.29, 0.717) is 11.3 Å². The highest BCUT2D eigenvalue weighted by Crippen LogP contribution is 2.36. The van der Waals surface area contributed by atoms with Crippen LogP contribution in [0.15, 0.2) is 11.2 Å². The van der Waals surface area contributed by atoms with E-state index in [0.717, 1.165) is 24.1 Å². The Morgan fingerprint density at radius 1 is 1.50 bits per heavy atom. The van der Waals surface area contributed by atoms with Gasteiger partial charge in [0.15, 0.2) is 5.96 Å². The molecule has 1 aliphatic heterocycles. The van der Waals surface area contributed by atoms with Crippen LogP contribution < -0.4 is 10.6 Å². The maximum absolute atomic E-state index is 4.64. The number of aliphatic imine (C=N–C) groups is 1. The van der Waals surface area contributed by atoms with E-state index >= 15 is 0 Å². The Hall–Kier alpha value is -0.750. The average Bonchev–Trinajstić information content (AvgIpc) is 3.03. The van der Waals surface area contributed by atoms with Crippen LogP contribution in [0.25, 0.3) is 0 Å². The standard InChI is InChI=1S/C14H24N4S2/c1-4-15-13(17-9-12-8-16-11(2)20-12)18-10-14(3)6-5-7-19-14/h8H,4-7,9-10H2,1-3H3,(H2,15,17,18). The summed E-state index contributed by atoms with van der Waals surface area (Å²) in [6.07, 6.45) is 4.54. The molecule has 1 unspecified atom stereocenters. The monoisotopic (exact) mass is 312 g/mol. The normalized spacial score (nSPS) is 23.1. The maximum Gasteiger partial charge on any atom is 0.191 e. The predicted molar refractivity (Wildman–Crippen MR) is 89.8 cm³/mol. The van der Waals surface area contributed by atoms with Crippen molar-refractivity contribution in [3.05, 3.63) is 16.1 Å². The number of thiazole rings is 1. The van der Waals surface area contributed by atoms with Crippen molar-refractivity contribution in [2.75, 3.05) is 18.8 Å². The highest BCUT2D eigenvalue weighted by molar-refractivity contribution is 8.00. The first-order valence-corrected chi connectivity index (χ1v) is 8.99. The fourth-order valence-corrected chi connectivity index (χ4v) is 4.19. The number of hydrogen-bond donors (Lipinski definition) is 2. The molecule has 0 saturated carbocycles. The summed E-state index contributed by atoms with van der Waals surface area (Å²) in [5.41, 5.74) is 0. The van der Waals surface area contributed by atoms with E-state index in [2.05, 4.69) is 46.2 Å². The molecule has 0 spiro atoms. The van der Waals surface area contributed by atoms with Crippen LogP contribution in [0.3, 0.4) is 0 Å². The molecule has 20 heavy (non-hydrogen) atoms. The molecule has 1 atom stereocenters. The van der Waals surface area contributed by atoms with Gasteiger partial charge in [-0.05, 0) is 39.4 Å². The third-order valence-corrected chi connectivity index (χ3v) is 5.77. The molecule has 6 heteroatoms. The van der Waals surface area contributed by atoms with E-state index in [9.17, 15) is 0 Å². The topological polar surface area (TPSA) is 49.3 Å². The summed E-state index contributed by atoms with van der Waals surface area (Å²) >= 11 is 3.78. The number of hydrogen-bond acceptors (Lipinski definition) is 4. The van der Waals surface area contributed by atoms with Crippen molar-refractivity contribution in [2.24, 2.45) is 4.99 Å². The number of guanidine groups is 1. The molecule has 1 aromatic rings. The Labute approximate surface area is 129 Å². The van der Waals surface area contributed by atoms with Gasteiger partial charge in [0.1, 0.15) is 0 Å². The molecule has 2 rings (SSSR count). The molecule has 4 nitrogen and oxygen atoms in total. The third kappa shape index (κ3) is 4.66. The Morgan fingerprint density at radius 2 is 2.35 bits per heavy atom. The zero-order valence-electron chi connectivity index (χ0n) is 12.5. The van der Waals surface area contributed by atoms with Crippen molar-refractivity contribution in [2.45, 2.75) is 44.9 Å². The minimum absolute atomic E-state index is 0.358. The molecular formula is C14H24N4S2. The van der Waals surface area contributed by atoms with Crippen molar-refractivity contribution < 1.29 is 0 Å². The van der Waals surface area contributed by atoms with Crippen LogP contribution in [-0.2, 0) is 6.54 Å². The minimum atomic E-state index is 0.358. The first-order chi connectivity index (χ1) is 9.61. The zero-order valence-corrected chi connectivity index (χ0v) is 14.2. The predicted octanol–water partition coefficient (Wildman–Crippen LogP) is 2.79. The lowest BCUT2D eigenvalue weighted by molar-refractivity contribution is 0.585. The highest BCUT2D eigenvalue weighted by atomic mass is 32.2. The second kappa shape index (κ2) is 7.31. The largest absolute Gasteiger partial charge is 0.357 e. The zero-order chi connectivity index (χ0) is 14.4. The third-order valence-electron chi connectivity index (χ3n) is 3.34. The van der Waals surface area contributed by atoms with Crippen molar-refractivity contribution in [3.8, 4) is 0 Å². The minimum Gasteiger partial charge on any atom is -0.357 e. The molecular weight excluding hydrogens is 288 g/mol. The van der Waals surface area contributed by atoms with E-state index in [1.165, 1.54) is 23.5 Å². The van der Waals surface area contributed by atoms with Crippen LogP contribution in [0.1, 0.15) is 36.6 Å². The van der Waals surface area contributed by atoms with E-state index < -0.39 is 0 Å². The van der Waals surface area contributed by atoms with Gasteiger partial charge < -0.3 is 10.6 Å². The molecule has 1 fully saturated rings. The first kappa shape index (κ1) is 15.6. The fraction of sp³-hybridized carbons (Fsp3) is 0.714. The van der Waals surface area contributed by atoms with Crippen molar-refractivity contribution >= 4 is 29.1 Å². The number of aryl methyl sites for hydroxylation is 1. The van der Waals surface area contributed by atoms with Crippen LogP contribution in [0.5, 0.6) is 0 Å². The molecule has 0 aliphatic carbocycles. The number of aromatic nitrogens is 1. The summed E-state index contributed by atoms with van der Waals surface area (Å²) < 4.78 is 0.358. The molecule has 0 bridgehead atoms. The quantitative estimate of drug-likeness (QED) is 0.648. The van der Waals surface area contributed by atoms with Gasteiger partial charge in [0.25, 0.3) is 0 Å². The molecule has 1 aromatic heterocycles. The summed E-state index contributed by atoms with van der Waals surface area (Å²) in [5, 5.41) is 7.90. The first-order valence-electron chi connectivity index (χ1n) is 7.19. The number of nitrogens with one attached hydrogen (secondary N) is 2. The lowest BCUT2D eigenvalue weighted by atomic mass is 10.1. The maximum atomic E-state index is 4.64. The Morgan fingerprint density at radius 3 is 2.95 bits per heavy atom. The molecule has 2 heterocycles. The van der Waals surface area contributed by atoms with Crippen LogP contribution in [-0.4, -0.2) is 34.5 Å². The van der Waals surface area contributed by atoms with E-state index in [-0.39, 0.29) is 0 Å². The van der Waals surface area contributed by atoms with Crippen molar-refractivity contribution in [1.82, 2.24) is 15.6 Å². The van der Waals surface area contributed by atoms with Gasteiger partial charge >= 0.3 is 0 Å². The van der Waals surface area contributed by atoms with Gasteiger partial charge in [-0.2, -0.15) is 11.8 Å². The SMILES string of the molecule is CCNC(=NCc1cnc(C)s1)NCC1(C)CCCS1. The van der Waals surface area contributed by atoms with Gasteiger partial charge in [0.2, 0.25) is 0 Å². The van der Waals surface area contributed by atoms with Gasteiger partial charge in [0, 0.05) is 28.9 Å². The van der Waals surface area contributed by atoms with E-state index in [1.54, 1.807) is 11.3 Å². The van der Waals surface area contributed by atoms with Crippen molar-refractivity contribution in [3.63, 3.8) is 0 Å². The van der Waals surface area contributed by atoms with Crippen LogP contribution in [0, 0.1) is 6.92 Å². The van der Waals surface area contributed by atoms with E-state index in [4.69, 9.17) is 0 Å². The van der Waals surface area contributed by atoms with Gasteiger partial charge in [-0.15, -0.1) is 11.3 Å². The van der Waals surface area contributed by atoms with Crippen molar-refractivity contribution in [1.29, 1.82) is 0 Å². The van der Waals surface area contributed by atoms with Gasteiger partial charge in [-0.1, -0.05) is 0 Å². The number of nitrogens with zero attached hydrogens (tertiary/aromatic N) is 2. The second-order valence-electron chi connectivity index (χ2n) is 5.30. The van der Waals surface area contributed by atoms with Gasteiger partial charge in [-0.3, -0.25) is 0 Å². The summed E-state index contributed by atoms with van der Waals surface area (Å²) in [5.74, 6) is 2.19. The molecule has 2 N–H and O–H groups in total. The average molecular weight is 313 g/mol. The Bertz CT molecular complexity index is 450. The molecule has 1 aliphatic rings. The molecule has 1 saturated heterocycles. The summed E-state index contributed by atoms with van der Waals surface area (Å²) in [4.78, 5) is 10.1. The van der Waals surface area contributed by atoms with Crippen LogP contribution in [0.4, 0.5) is 0 Å². The fourth-order valence-electron chi connectivity index (χ4n) is 2.22. The lowest BCUT2D eigenvalue weighted by Crippen LogP contribution is -2.43. The Kier molecular flexibility index (Phi) is 5.72. The van der Waals surface area contributed by atoms with Crippen LogP contribution in [0.2, 0.25) is 0 Å². The number of rotatable bonds is 5. The molecule has 0 radical (unpaired) electrons. The van der Waals surface area contributed by atoms with Crippen LogP contribution >= 0.6 is 23.1 Å². The molecule has 112 valence electrons. The smallest absolute Gasteiger partial charge is 0.191 e. The summed E-state index contributed by atoms with van der Waals surface area (Å²) in [6, 6.07) is 0.